The Kier molecular flexibility index (Phi) is 12.6. The van der Waals surface area contributed by atoms with Gasteiger partial charge in [-0.3, -0.25) is 14.4 Å². The lowest BCUT2D eigenvalue weighted by atomic mass is 10.0. The van der Waals surface area contributed by atoms with E-state index < -0.39 is 36.0 Å². The Bertz CT molecular complexity index is 874. The zero-order chi connectivity index (χ0) is 26.4. The minimum atomic E-state index is -0.923. The van der Waals surface area contributed by atoms with Gasteiger partial charge in [-0.1, -0.05) is 32.9 Å². The van der Waals surface area contributed by atoms with Gasteiger partial charge in [-0.15, -0.1) is 0 Å². The molecular formula is C23H36N6O6. The van der Waals surface area contributed by atoms with E-state index in [1.807, 2.05) is 0 Å². The van der Waals surface area contributed by atoms with Crippen LogP contribution in [0.3, 0.4) is 0 Å². The van der Waals surface area contributed by atoms with Gasteiger partial charge in [-0.2, -0.15) is 0 Å². The van der Waals surface area contributed by atoms with Gasteiger partial charge in [-0.25, -0.2) is 9.59 Å². The summed E-state index contributed by atoms with van der Waals surface area (Å²) in [5, 5.41) is 12.9. The van der Waals surface area contributed by atoms with Crippen molar-refractivity contribution in [2.75, 3.05) is 18.9 Å². The number of hydrogen-bond donors (Lipinski definition) is 6. The van der Waals surface area contributed by atoms with Gasteiger partial charge in [0.15, 0.2) is 0 Å². The standard InChI is InChI=1S/C23H36N6O6/c1-5-18(30)29-19(14(2)3)21(32)28-17(7-6-12-26-22(24)33)20(31)27-16-10-8-15(9-11-16)13-35-23(34)25-4/h8-11,14,17,19H,5-7,12-13H2,1-4H3,(H,25,34)(H,27,31)(H,28,32)(H,29,30)(H3,24,26,33). The van der Waals surface area contributed by atoms with Crippen LogP contribution in [0.5, 0.6) is 0 Å². The van der Waals surface area contributed by atoms with Crippen LogP contribution in [0.4, 0.5) is 15.3 Å². The average molecular weight is 493 g/mol. The van der Waals surface area contributed by atoms with Crippen molar-refractivity contribution in [1.29, 1.82) is 0 Å². The third kappa shape index (κ3) is 11.2. The van der Waals surface area contributed by atoms with Crippen LogP contribution in [0.15, 0.2) is 24.3 Å². The van der Waals surface area contributed by atoms with E-state index in [0.717, 1.165) is 5.56 Å². The van der Waals surface area contributed by atoms with Crippen LogP contribution in [0, 0.1) is 5.92 Å². The number of hydrogen-bond acceptors (Lipinski definition) is 6. The molecule has 7 N–H and O–H groups in total. The second-order valence-electron chi connectivity index (χ2n) is 8.15. The van der Waals surface area contributed by atoms with Crippen molar-refractivity contribution >= 4 is 35.5 Å². The van der Waals surface area contributed by atoms with Gasteiger partial charge in [0.1, 0.15) is 18.7 Å². The third-order valence-corrected chi connectivity index (χ3v) is 4.98. The van der Waals surface area contributed by atoms with Gasteiger partial charge in [0.25, 0.3) is 0 Å². The summed E-state index contributed by atoms with van der Waals surface area (Å²) in [5.41, 5.74) is 6.27. The quantitative estimate of drug-likeness (QED) is 0.223. The van der Waals surface area contributed by atoms with E-state index in [0.29, 0.717) is 12.1 Å². The molecule has 0 bridgehead atoms. The first-order valence-electron chi connectivity index (χ1n) is 11.4. The summed E-state index contributed by atoms with van der Waals surface area (Å²) in [7, 11) is 1.46. The Morgan fingerprint density at radius 3 is 2.20 bits per heavy atom. The van der Waals surface area contributed by atoms with Crippen LogP contribution in [0.2, 0.25) is 0 Å². The number of benzene rings is 1. The SMILES string of the molecule is CCC(=O)NC(C(=O)NC(CCCNC(N)=O)C(=O)Nc1ccc(COC(=O)NC)cc1)C(C)C. The molecule has 0 radical (unpaired) electrons. The molecule has 0 aliphatic heterocycles. The van der Waals surface area contributed by atoms with E-state index >= 15 is 0 Å². The Morgan fingerprint density at radius 2 is 1.66 bits per heavy atom. The molecule has 2 atom stereocenters. The van der Waals surface area contributed by atoms with E-state index in [1.165, 1.54) is 7.05 Å². The van der Waals surface area contributed by atoms with Crippen molar-refractivity contribution in [2.45, 2.75) is 58.7 Å². The lowest BCUT2D eigenvalue weighted by Gasteiger charge is -2.25. The molecule has 2 unspecified atom stereocenters. The minimum Gasteiger partial charge on any atom is -0.445 e. The Morgan fingerprint density at radius 1 is 1.00 bits per heavy atom. The van der Waals surface area contributed by atoms with Gasteiger partial charge < -0.3 is 37.1 Å². The number of amides is 6. The first-order chi connectivity index (χ1) is 16.6. The molecule has 35 heavy (non-hydrogen) atoms. The smallest absolute Gasteiger partial charge is 0.407 e. The summed E-state index contributed by atoms with van der Waals surface area (Å²) >= 11 is 0. The molecule has 1 aromatic carbocycles. The molecule has 0 aliphatic rings. The first kappa shape index (κ1) is 29.2. The van der Waals surface area contributed by atoms with E-state index in [2.05, 4.69) is 26.6 Å². The highest BCUT2D eigenvalue weighted by atomic mass is 16.5. The maximum atomic E-state index is 13.0. The highest BCUT2D eigenvalue weighted by Crippen LogP contribution is 2.12. The van der Waals surface area contributed by atoms with Crippen LogP contribution in [-0.2, 0) is 25.7 Å². The fourth-order valence-electron chi connectivity index (χ4n) is 2.99. The summed E-state index contributed by atoms with van der Waals surface area (Å²) < 4.78 is 4.98. The molecule has 1 rings (SSSR count). The fraction of sp³-hybridized carbons (Fsp3) is 0.522. The number of ether oxygens (including phenoxy) is 1. The molecule has 0 fully saturated rings. The van der Waals surface area contributed by atoms with E-state index in [9.17, 15) is 24.0 Å². The van der Waals surface area contributed by atoms with Crippen molar-refractivity contribution in [1.82, 2.24) is 21.3 Å². The number of nitrogens with two attached hydrogens (primary N) is 1. The summed E-state index contributed by atoms with van der Waals surface area (Å²) in [6.45, 7) is 5.57. The molecule has 6 amide bonds. The molecule has 0 heterocycles. The maximum Gasteiger partial charge on any atom is 0.407 e. The molecule has 0 aliphatic carbocycles. The monoisotopic (exact) mass is 492 g/mol. The van der Waals surface area contributed by atoms with Gasteiger partial charge >= 0.3 is 12.1 Å². The highest BCUT2D eigenvalue weighted by Gasteiger charge is 2.28. The van der Waals surface area contributed by atoms with Crippen molar-refractivity contribution < 1.29 is 28.7 Å². The van der Waals surface area contributed by atoms with Gasteiger partial charge in [0, 0.05) is 25.7 Å². The largest absolute Gasteiger partial charge is 0.445 e. The highest BCUT2D eigenvalue weighted by molar-refractivity contribution is 5.98. The second-order valence-corrected chi connectivity index (χ2v) is 8.15. The number of primary amides is 1. The van der Waals surface area contributed by atoms with Crippen molar-refractivity contribution in [3.05, 3.63) is 29.8 Å². The molecule has 0 saturated carbocycles. The summed E-state index contributed by atoms with van der Waals surface area (Å²) in [6, 6.07) is 4.27. The first-order valence-corrected chi connectivity index (χ1v) is 11.4. The normalized spacial score (nSPS) is 12.1. The molecule has 12 heteroatoms. The van der Waals surface area contributed by atoms with E-state index in [-0.39, 0.29) is 37.8 Å². The van der Waals surface area contributed by atoms with Gasteiger partial charge in [0.2, 0.25) is 17.7 Å². The van der Waals surface area contributed by atoms with E-state index in [1.54, 1.807) is 45.0 Å². The second kappa shape index (κ2) is 15.1. The van der Waals surface area contributed by atoms with Crippen LogP contribution >= 0.6 is 0 Å². The number of alkyl carbamates (subject to hydrolysis) is 1. The number of carbonyl (C=O) groups is 5. The molecule has 194 valence electrons. The summed E-state index contributed by atoms with van der Waals surface area (Å²) in [5.74, 6) is -1.41. The zero-order valence-electron chi connectivity index (χ0n) is 20.6. The summed E-state index contributed by atoms with van der Waals surface area (Å²) in [6.07, 6.45) is 0.276. The number of anilines is 1. The van der Waals surface area contributed by atoms with Crippen molar-refractivity contribution in [3.8, 4) is 0 Å². The number of rotatable bonds is 13. The van der Waals surface area contributed by atoms with Crippen LogP contribution in [0.1, 0.15) is 45.6 Å². The van der Waals surface area contributed by atoms with Crippen molar-refractivity contribution in [3.63, 3.8) is 0 Å². The number of urea groups is 1. The number of nitrogens with one attached hydrogen (secondary N) is 5. The molecule has 12 nitrogen and oxygen atoms in total. The fourth-order valence-corrected chi connectivity index (χ4v) is 2.99. The van der Waals surface area contributed by atoms with Gasteiger partial charge in [-0.05, 0) is 36.5 Å². The Balaban J connectivity index is 2.88. The van der Waals surface area contributed by atoms with Crippen LogP contribution in [0.25, 0.3) is 0 Å². The number of carbonyl (C=O) groups excluding carboxylic acids is 5. The zero-order valence-corrected chi connectivity index (χ0v) is 20.6. The summed E-state index contributed by atoms with van der Waals surface area (Å²) in [4.78, 5) is 59.8. The minimum absolute atomic E-state index is 0.0690. The molecule has 0 aromatic heterocycles. The topological polar surface area (TPSA) is 181 Å². The lowest BCUT2D eigenvalue weighted by Crippen LogP contribution is -2.54. The van der Waals surface area contributed by atoms with Crippen LogP contribution in [-0.4, -0.2) is 55.5 Å². The van der Waals surface area contributed by atoms with Gasteiger partial charge in [0.05, 0.1) is 0 Å². The average Bonchev–Trinajstić information content (AvgIpc) is 2.82. The molecule has 0 saturated heterocycles. The Labute approximate surface area is 205 Å². The molecule has 1 aromatic rings. The predicted octanol–water partition coefficient (Wildman–Crippen LogP) is 0.965. The molecular weight excluding hydrogens is 456 g/mol. The van der Waals surface area contributed by atoms with Crippen LogP contribution < -0.4 is 32.3 Å². The predicted molar refractivity (Wildman–Crippen MR) is 130 cm³/mol. The maximum absolute atomic E-state index is 13.0. The lowest BCUT2D eigenvalue weighted by molar-refractivity contribution is -0.132. The third-order valence-electron chi connectivity index (χ3n) is 4.98. The molecule has 0 spiro atoms. The Hall–Kier alpha value is -3.83. The van der Waals surface area contributed by atoms with E-state index in [4.69, 9.17) is 10.5 Å². The van der Waals surface area contributed by atoms with Crippen molar-refractivity contribution in [2.24, 2.45) is 11.7 Å².